The van der Waals surface area contributed by atoms with Crippen LogP contribution in [0.2, 0.25) is 0 Å². The zero-order valence-corrected chi connectivity index (χ0v) is 13.3. The van der Waals surface area contributed by atoms with Crippen molar-refractivity contribution in [2.45, 2.75) is 65.8 Å². The summed E-state index contributed by atoms with van der Waals surface area (Å²) in [6, 6.07) is 0.457. The summed E-state index contributed by atoms with van der Waals surface area (Å²) in [5.74, 6) is 1.67. The van der Waals surface area contributed by atoms with Gasteiger partial charge in [0.15, 0.2) is 0 Å². The predicted octanol–water partition coefficient (Wildman–Crippen LogP) is 4.42. The van der Waals surface area contributed by atoms with Gasteiger partial charge in [0.05, 0.1) is 0 Å². The Kier molecular flexibility index (Phi) is 5.85. The second-order valence-electron chi connectivity index (χ2n) is 7.02. The summed E-state index contributed by atoms with van der Waals surface area (Å²) in [5.41, 5.74) is 7.26. The van der Waals surface area contributed by atoms with Gasteiger partial charge in [-0.25, -0.2) is 0 Å². The molecular weight excluding hydrogens is 253 g/mol. The molecule has 0 aromatic carbocycles. The first-order valence-corrected chi connectivity index (χ1v) is 6.62. The maximum absolute atomic E-state index is 6.39. The van der Waals surface area contributed by atoms with E-state index in [0.717, 1.165) is 11.8 Å². The van der Waals surface area contributed by atoms with Gasteiger partial charge >= 0.3 is 0 Å². The van der Waals surface area contributed by atoms with Crippen molar-refractivity contribution in [3.63, 3.8) is 0 Å². The van der Waals surface area contributed by atoms with E-state index in [0.29, 0.717) is 16.9 Å². The Hall–Kier alpha value is 0.540. The summed E-state index contributed by atoms with van der Waals surface area (Å²) in [7, 11) is 0. The predicted molar refractivity (Wildman–Crippen MR) is 80.1 cm³/mol. The Morgan fingerprint density at radius 2 is 1.53 bits per heavy atom. The lowest BCUT2D eigenvalue weighted by molar-refractivity contribution is -0.0728. The van der Waals surface area contributed by atoms with Crippen LogP contribution in [0.1, 0.15) is 59.8 Å². The fraction of sp³-hybridized carbons (Fsp3) is 1.00. The number of halogens is 2. The van der Waals surface area contributed by atoms with Crippen LogP contribution < -0.4 is 5.73 Å². The summed E-state index contributed by atoms with van der Waals surface area (Å²) in [5, 5.41) is 0. The van der Waals surface area contributed by atoms with Gasteiger partial charge < -0.3 is 5.73 Å². The quantitative estimate of drug-likeness (QED) is 0.699. The highest BCUT2D eigenvalue weighted by atomic mass is 35.5. The summed E-state index contributed by atoms with van der Waals surface area (Å²) >= 11 is 0. The topological polar surface area (TPSA) is 26.0 Å². The molecule has 2 saturated carbocycles. The van der Waals surface area contributed by atoms with Gasteiger partial charge in [-0.05, 0) is 41.9 Å². The van der Waals surface area contributed by atoms with Crippen LogP contribution in [0, 0.1) is 22.7 Å². The molecule has 17 heavy (non-hydrogen) atoms. The molecule has 3 heteroatoms. The molecule has 2 aliphatic carbocycles. The lowest BCUT2D eigenvalue weighted by Gasteiger charge is -2.58. The van der Waals surface area contributed by atoms with Crippen molar-refractivity contribution in [3.05, 3.63) is 0 Å². The summed E-state index contributed by atoms with van der Waals surface area (Å²) in [6.45, 7) is 9.78. The van der Waals surface area contributed by atoms with Gasteiger partial charge in [-0.2, -0.15) is 0 Å². The monoisotopic (exact) mass is 281 g/mol. The minimum Gasteiger partial charge on any atom is -0.327 e. The molecule has 2 N–H and O–H groups in total. The second kappa shape index (κ2) is 5.67. The molecule has 3 unspecified atom stereocenters. The van der Waals surface area contributed by atoms with E-state index in [-0.39, 0.29) is 24.8 Å². The van der Waals surface area contributed by atoms with Crippen LogP contribution >= 0.6 is 24.8 Å². The standard InChI is InChI=1S/C14H27N.2ClH/c1-13(2)9-8-10-6-5-7-11(15)12(10)14(13,3)4;;/h10-12H,5-9,15H2,1-4H3;2*1H. The van der Waals surface area contributed by atoms with E-state index in [9.17, 15) is 0 Å². The van der Waals surface area contributed by atoms with Crippen molar-refractivity contribution in [1.29, 1.82) is 0 Å². The lowest BCUT2D eigenvalue weighted by Crippen LogP contribution is -2.55. The highest BCUT2D eigenvalue weighted by molar-refractivity contribution is 5.85. The van der Waals surface area contributed by atoms with Gasteiger partial charge in [0, 0.05) is 6.04 Å². The van der Waals surface area contributed by atoms with Crippen LogP contribution in [0.15, 0.2) is 0 Å². The smallest absolute Gasteiger partial charge is 0.00751 e. The molecule has 0 amide bonds. The fourth-order valence-electron chi connectivity index (χ4n) is 4.09. The SMILES string of the molecule is CC1(C)CCC2CCCC(N)C2C1(C)C.Cl.Cl. The molecule has 0 aromatic rings. The summed E-state index contributed by atoms with van der Waals surface area (Å²) in [6.07, 6.45) is 6.83. The first-order valence-electron chi connectivity index (χ1n) is 6.62. The van der Waals surface area contributed by atoms with Crippen molar-refractivity contribution >= 4 is 24.8 Å². The third kappa shape index (κ3) is 2.77. The van der Waals surface area contributed by atoms with Crippen LogP contribution in [0.25, 0.3) is 0 Å². The fourth-order valence-corrected chi connectivity index (χ4v) is 4.09. The number of hydrogen-bond donors (Lipinski definition) is 1. The van der Waals surface area contributed by atoms with E-state index in [4.69, 9.17) is 5.73 Å². The average molecular weight is 282 g/mol. The molecule has 0 spiro atoms. The van der Waals surface area contributed by atoms with Crippen LogP contribution in [0.4, 0.5) is 0 Å². The van der Waals surface area contributed by atoms with E-state index in [2.05, 4.69) is 27.7 Å². The van der Waals surface area contributed by atoms with E-state index >= 15 is 0 Å². The maximum Gasteiger partial charge on any atom is 0.00751 e. The van der Waals surface area contributed by atoms with Gasteiger partial charge in [-0.15, -0.1) is 24.8 Å². The van der Waals surface area contributed by atoms with Gasteiger partial charge in [-0.3, -0.25) is 0 Å². The van der Waals surface area contributed by atoms with Crippen LogP contribution in [-0.2, 0) is 0 Å². The van der Waals surface area contributed by atoms with Gasteiger partial charge in [0.1, 0.15) is 0 Å². The molecule has 0 aromatic heterocycles. The van der Waals surface area contributed by atoms with Gasteiger partial charge in [0.25, 0.3) is 0 Å². The molecule has 2 rings (SSSR count). The largest absolute Gasteiger partial charge is 0.327 e. The molecular formula is C14H29Cl2N. The van der Waals surface area contributed by atoms with Crippen molar-refractivity contribution in [2.24, 2.45) is 28.4 Å². The zero-order valence-electron chi connectivity index (χ0n) is 11.7. The number of rotatable bonds is 0. The van der Waals surface area contributed by atoms with Crippen molar-refractivity contribution in [3.8, 4) is 0 Å². The molecule has 0 saturated heterocycles. The second-order valence-corrected chi connectivity index (χ2v) is 7.02. The molecule has 0 heterocycles. The van der Waals surface area contributed by atoms with Crippen LogP contribution in [-0.4, -0.2) is 6.04 Å². The molecule has 0 bridgehead atoms. The molecule has 1 nitrogen and oxygen atoms in total. The van der Waals surface area contributed by atoms with Crippen LogP contribution in [0.3, 0.4) is 0 Å². The van der Waals surface area contributed by atoms with Gasteiger partial charge in [0.2, 0.25) is 0 Å². The minimum absolute atomic E-state index is 0. The Balaban J connectivity index is 0.00000128. The first-order chi connectivity index (χ1) is 6.86. The molecule has 0 aliphatic heterocycles. The highest BCUT2D eigenvalue weighted by Crippen LogP contribution is 2.58. The van der Waals surface area contributed by atoms with Crippen molar-refractivity contribution < 1.29 is 0 Å². The Morgan fingerprint density at radius 1 is 0.941 bits per heavy atom. The van der Waals surface area contributed by atoms with Crippen LogP contribution in [0.5, 0.6) is 0 Å². The maximum atomic E-state index is 6.39. The highest BCUT2D eigenvalue weighted by Gasteiger charge is 2.52. The third-order valence-electron chi connectivity index (χ3n) is 5.80. The summed E-state index contributed by atoms with van der Waals surface area (Å²) < 4.78 is 0. The van der Waals surface area contributed by atoms with E-state index < -0.39 is 0 Å². The van der Waals surface area contributed by atoms with Crippen molar-refractivity contribution in [1.82, 2.24) is 0 Å². The zero-order chi connectivity index (χ0) is 11.3. The number of nitrogens with two attached hydrogens (primary N) is 1. The Bertz CT molecular complexity index is 251. The van der Waals surface area contributed by atoms with E-state index in [1.165, 1.54) is 32.1 Å². The van der Waals surface area contributed by atoms with E-state index in [1.54, 1.807) is 0 Å². The summed E-state index contributed by atoms with van der Waals surface area (Å²) in [4.78, 5) is 0. The molecule has 3 atom stereocenters. The number of fused-ring (bicyclic) bond motifs is 1. The third-order valence-corrected chi connectivity index (χ3v) is 5.80. The van der Waals surface area contributed by atoms with Gasteiger partial charge in [-0.1, -0.05) is 40.5 Å². The molecule has 2 fully saturated rings. The Morgan fingerprint density at radius 3 is 2.12 bits per heavy atom. The van der Waals surface area contributed by atoms with E-state index in [1.807, 2.05) is 0 Å². The lowest BCUT2D eigenvalue weighted by atomic mass is 9.48. The Labute approximate surface area is 119 Å². The first kappa shape index (κ1) is 17.5. The normalized spacial score (nSPS) is 38.3. The molecule has 2 aliphatic rings. The molecule has 0 radical (unpaired) electrons. The van der Waals surface area contributed by atoms with Crippen molar-refractivity contribution in [2.75, 3.05) is 0 Å². The average Bonchev–Trinajstić information content (AvgIpc) is 2.12. The number of hydrogen-bond acceptors (Lipinski definition) is 1. The molecule has 104 valence electrons. The minimum atomic E-state index is 0.